The van der Waals surface area contributed by atoms with Crippen molar-refractivity contribution in [1.82, 2.24) is 14.5 Å². The fourth-order valence-corrected chi connectivity index (χ4v) is 1.57. The Morgan fingerprint density at radius 1 is 1.56 bits per heavy atom. The van der Waals surface area contributed by atoms with E-state index in [-0.39, 0.29) is 5.69 Å². The summed E-state index contributed by atoms with van der Waals surface area (Å²) in [6.07, 6.45) is 6.59. The molecule has 0 radical (unpaired) electrons. The molecule has 0 atom stereocenters. The Bertz CT molecular complexity index is 538. The van der Waals surface area contributed by atoms with Crippen LogP contribution in [-0.2, 0) is 6.54 Å². The molecule has 0 bridgehead atoms. The van der Waals surface area contributed by atoms with E-state index in [1.54, 1.807) is 25.5 Å². The Morgan fingerprint density at radius 2 is 2.39 bits per heavy atom. The summed E-state index contributed by atoms with van der Waals surface area (Å²) in [4.78, 5) is 18.1. The molecule has 0 aliphatic carbocycles. The molecule has 2 aromatic rings. The van der Waals surface area contributed by atoms with Crippen LogP contribution < -0.4 is 5.32 Å². The number of nitrogens with zero attached hydrogens (tertiary/aromatic N) is 4. The van der Waals surface area contributed by atoms with Crippen molar-refractivity contribution in [2.45, 2.75) is 13.5 Å². The minimum atomic E-state index is -0.433. The number of nitrogens with one attached hydrogen (secondary N) is 1. The van der Waals surface area contributed by atoms with Crippen LogP contribution in [0.2, 0.25) is 0 Å². The summed E-state index contributed by atoms with van der Waals surface area (Å²) < 4.78 is 1.94. The third kappa shape index (κ3) is 2.82. The van der Waals surface area contributed by atoms with E-state index in [2.05, 4.69) is 15.3 Å². The third-order valence-corrected chi connectivity index (χ3v) is 2.52. The maximum Gasteiger partial charge on any atom is 0.290 e. The second kappa shape index (κ2) is 5.26. The van der Waals surface area contributed by atoms with E-state index in [9.17, 15) is 10.1 Å². The number of anilines is 1. The number of nitro groups is 1. The van der Waals surface area contributed by atoms with E-state index in [4.69, 9.17) is 0 Å². The lowest BCUT2D eigenvalue weighted by atomic mass is 10.2. The van der Waals surface area contributed by atoms with Crippen LogP contribution in [0, 0.1) is 17.0 Å². The summed E-state index contributed by atoms with van der Waals surface area (Å²) in [6, 6.07) is 1.67. The van der Waals surface area contributed by atoms with E-state index in [1.165, 1.54) is 6.20 Å². The average Bonchev–Trinajstić information content (AvgIpc) is 2.81. The zero-order valence-electron chi connectivity index (χ0n) is 9.91. The van der Waals surface area contributed by atoms with Gasteiger partial charge in [-0.2, -0.15) is 0 Å². The van der Waals surface area contributed by atoms with Crippen LogP contribution >= 0.6 is 0 Å². The van der Waals surface area contributed by atoms with Gasteiger partial charge in [-0.25, -0.2) is 9.97 Å². The third-order valence-electron chi connectivity index (χ3n) is 2.52. The second-order valence-corrected chi connectivity index (χ2v) is 3.84. The van der Waals surface area contributed by atoms with Crippen LogP contribution in [0.15, 0.2) is 31.0 Å². The Hall–Kier alpha value is -2.44. The first kappa shape index (κ1) is 12.0. The van der Waals surface area contributed by atoms with Gasteiger partial charge in [0.05, 0.1) is 11.3 Å². The molecule has 0 spiro atoms. The van der Waals surface area contributed by atoms with E-state index in [1.807, 2.05) is 10.8 Å². The first-order valence-electron chi connectivity index (χ1n) is 5.47. The van der Waals surface area contributed by atoms with Crippen molar-refractivity contribution in [2.75, 3.05) is 11.9 Å². The van der Waals surface area contributed by atoms with E-state index in [0.29, 0.717) is 17.9 Å². The summed E-state index contributed by atoms with van der Waals surface area (Å²) in [7, 11) is 0. The fourth-order valence-electron chi connectivity index (χ4n) is 1.57. The second-order valence-electron chi connectivity index (χ2n) is 3.84. The molecular formula is C11H13N5O2. The fraction of sp³-hybridized carbons (Fsp3) is 0.273. The summed E-state index contributed by atoms with van der Waals surface area (Å²) in [6.45, 7) is 3.14. The van der Waals surface area contributed by atoms with Crippen LogP contribution in [0.5, 0.6) is 0 Å². The zero-order valence-corrected chi connectivity index (χ0v) is 9.91. The van der Waals surface area contributed by atoms with Crippen molar-refractivity contribution >= 4 is 11.5 Å². The summed E-state index contributed by atoms with van der Waals surface area (Å²) >= 11 is 0. The number of hydrogen-bond acceptors (Lipinski definition) is 5. The first-order chi connectivity index (χ1) is 8.66. The maximum atomic E-state index is 10.6. The van der Waals surface area contributed by atoms with Gasteiger partial charge in [0, 0.05) is 31.0 Å². The highest BCUT2D eigenvalue weighted by Crippen LogP contribution is 2.18. The first-order valence-corrected chi connectivity index (χ1v) is 5.47. The highest BCUT2D eigenvalue weighted by molar-refractivity contribution is 5.46. The molecule has 0 aromatic carbocycles. The van der Waals surface area contributed by atoms with Gasteiger partial charge in [0.2, 0.25) is 0 Å². The van der Waals surface area contributed by atoms with Crippen LogP contribution in [0.4, 0.5) is 11.5 Å². The highest BCUT2D eigenvalue weighted by Gasteiger charge is 2.10. The predicted molar refractivity (Wildman–Crippen MR) is 66.3 cm³/mol. The molecule has 0 aliphatic heterocycles. The van der Waals surface area contributed by atoms with Crippen molar-refractivity contribution in [3.05, 3.63) is 46.7 Å². The van der Waals surface area contributed by atoms with Gasteiger partial charge < -0.3 is 9.88 Å². The van der Waals surface area contributed by atoms with E-state index >= 15 is 0 Å². The van der Waals surface area contributed by atoms with Crippen LogP contribution in [-0.4, -0.2) is 26.0 Å². The van der Waals surface area contributed by atoms with Gasteiger partial charge in [0.15, 0.2) is 0 Å². The lowest BCUT2D eigenvalue weighted by Crippen LogP contribution is -2.10. The number of rotatable bonds is 5. The molecule has 0 amide bonds. The van der Waals surface area contributed by atoms with E-state index < -0.39 is 4.92 Å². The van der Waals surface area contributed by atoms with Crippen molar-refractivity contribution < 1.29 is 4.92 Å². The number of imidazole rings is 1. The smallest absolute Gasteiger partial charge is 0.290 e. The Labute approximate surface area is 104 Å². The molecule has 7 nitrogen and oxygen atoms in total. The van der Waals surface area contributed by atoms with Gasteiger partial charge in [0.1, 0.15) is 12.0 Å². The molecule has 2 rings (SSSR count). The molecule has 94 valence electrons. The standard InChI is InChI=1S/C11H13N5O2/c1-9-6-11(14-7-10(9)16(17)18)13-3-5-15-4-2-12-8-15/h2,4,6-8H,3,5H2,1H3,(H,13,14). The van der Waals surface area contributed by atoms with Crippen molar-refractivity contribution in [2.24, 2.45) is 0 Å². The minimum Gasteiger partial charge on any atom is -0.368 e. The Balaban J connectivity index is 1.94. The quantitative estimate of drug-likeness (QED) is 0.640. The van der Waals surface area contributed by atoms with Crippen molar-refractivity contribution in [1.29, 1.82) is 0 Å². The normalized spacial score (nSPS) is 10.3. The SMILES string of the molecule is Cc1cc(NCCn2ccnc2)ncc1[N+](=O)[O-]. The molecule has 2 heterocycles. The summed E-state index contributed by atoms with van der Waals surface area (Å²) in [5.41, 5.74) is 0.635. The zero-order chi connectivity index (χ0) is 13.0. The van der Waals surface area contributed by atoms with Crippen LogP contribution in [0.3, 0.4) is 0 Å². The van der Waals surface area contributed by atoms with Crippen molar-refractivity contribution in [3.8, 4) is 0 Å². The van der Waals surface area contributed by atoms with Gasteiger partial charge in [-0.05, 0) is 13.0 Å². The average molecular weight is 247 g/mol. The van der Waals surface area contributed by atoms with Gasteiger partial charge >= 0.3 is 0 Å². The molecule has 0 unspecified atom stereocenters. The molecule has 0 aliphatic rings. The Kier molecular flexibility index (Phi) is 3.52. The molecule has 0 fully saturated rings. The molecular weight excluding hydrogens is 234 g/mol. The van der Waals surface area contributed by atoms with Crippen LogP contribution in [0.1, 0.15) is 5.56 Å². The molecule has 2 aromatic heterocycles. The van der Waals surface area contributed by atoms with Gasteiger partial charge in [-0.1, -0.05) is 0 Å². The maximum absolute atomic E-state index is 10.6. The summed E-state index contributed by atoms with van der Waals surface area (Å²) in [5, 5.41) is 13.7. The molecule has 1 N–H and O–H groups in total. The van der Waals surface area contributed by atoms with Gasteiger partial charge in [-0.3, -0.25) is 10.1 Å². The largest absolute Gasteiger partial charge is 0.368 e. The number of hydrogen-bond donors (Lipinski definition) is 1. The summed E-state index contributed by atoms with van der Waals surface area (Å²) in [5.74, 6) is 0.637. The molecule has 0 saturated carbocycles. The topological polar surface area (TPSA) is 85.9 Å². The van der Waals surface area contributed by atoms with Gasteiger partial charge in [-0.15, -0.1) is 0 Å². The van der Waals surface area contributed by atoms with Gasteiger partial charge in [0.25, 0.3) is 5.69 Å². The number of aryl methyl sites for hydroxylation is 1. The number of pyridine rings is 1. The molecule has 7 heteroatoms. The lowest BCUT2D eigenvalue weighted by molar-refractivity contribution is -0.385. The van der Waals surface area contributed by atoms with E-state index in [0.717, 1.165) is 6.54 Å². The molecule has 0 saturated heterocycles. The Morgan fingerprint density at radius 3 is 3.00 bits per heavy atom. The lowest BCUT2D eigenvalue weighted by Gasteiger charge is -2.06. The number of aromatic nitrogens is 3. The van der Waals surface area contributed by atoms with Crippen LogP contribution in [0.25, 0.3) is 0 Å². The predicted octanol–water partition coefficient (Wildman–Crippen LogP) is 1.61. The highest BCUT2D eigenvalue weighted by atomic mass is 16.6. The monoisotopic (exact) mass is 247 g/mol. The minimum absolute atomic E-state index is 0.0372. The van der Waals surface area contributed by atoms with Crippen molar-refractivity contribution in [3.63, 3.8) is 0 Å². The molecule has 18 heavy (non-hydrogen) atoms.